The normalized spacial score (nSPS) is 11.1. The van der Waals surface area contributed by atoms with E-state index in [1.54, 1.807) is 6.07 Å². The Morgan fingerprint density at radius 1 is 1.15 bits per heavy atom. The van der Waals surface area contributed by atoms with Crippen LogP contribution in [0.15, 0.2) is 47.5 Å². The second-order valence-electron chi connectivity index (χ2n) is 5.99. The van der Waals surface area contributed by atoms with Crippen LogP contribution in [0.2, 0.25) is 5.02 Å². The molecule has 0 fully saturated rings. The van der Waals surface area contributed by atoms with Crippen molar-refractivity contribution in [3.63, 3.8) is 0 Å². The van der Waals surface area contributed by atoms with E-state index in [1.165, 1.54) is 0 Å². The van der Waals surface area contributed by atoms with Gasteiger partial charge < -0.3 is 16.0 Å². The third-order valence-electron chi connectivity index (χ3n) is 3.75. The van der Waals surface area contributed by atoms with Crippen molar-refractivity contribution < 1.29 is 4.79 Å². The minimum Gasteiger partial charge on any atom is -0.357 e. The van der Waals surface area contributed by atoms with Gasteiger partial charge in [-0.25, -0.2) is 4.98 Å². The van der Waals surface area contributed by atoms with Crippen LogP contribution < -0.4 is 16.0 Å². The highest BCUT2D eigenvalue weighted by atomic mass is 35.5. The summed E-state index contributed by atoms with van der Waals surface area (Å²) in [6.45, 7) is 5.73. The molecule has 27 heavy (non-hydrogen) atoms. The smallest absolute Gasteiger partial charge is 0.227 e. The number of rotatable bonds is 8. The van der Waals surface area contributed by atoms with Gasteiger partial charge in [0.1, 0.15) is 5.82 Å². The predicted octanol–water partition coefficient (Wildman–Crippen LogP) is 3.17. The summed E-state index contributed by atoms with van der Waals surface area (Å²) in [6.07, 6.45) is 1.08. The highest BCUT2D eigenvalue weighted by molar-refractivity contribution is 6.31. The number of nitrogens with zero attached hydrogens (tertiary/aromatic N) is 2. The van der Waals surface area contributed by atoms with Crippen LogP contribution in [0.3, 0.4) is 0 Å². The summed E-state index contributed by atoms with van der Waals surface area (Å²) in [5.74, 6) is 1.14. The van der Waals surface area contributed by atoms with Crippen LogP contribution in [-0.4, -0.2) is 36.5 Å². The van der Waals surface area contributed by atoms with Gasteiger partial charge in [-0.1, -0.05) is 35.9 Å². The monoisotopic (exact) mass is 387 g/mol. The van der Waals surface area contributed by atoms with Crippen LogP contribution in [0, 0.1) is 6.92 Å². The first-order chi connectivity index (χ1) is 13.1. The molecular formula is C20H26ClN5O. The van der Waals surface area contributed by atoms with Crippen molar-refractivity contribution in [2.45, 2.75) is 26.7 Å². The van der Waals surface area contributed by atoms with E-state index in [0.717, 1.165) is 29.2 Å². The van der Waals surface area contributed by atoms with Gasteiger partial charge in [-0.3, -0.25) is 9.79 Å². The van der Waals surface area contributed by atoms with Crippen LogP contribution in [0.4, 0.5) is 5.82 Å². The second kappa shape index (κ2) is 11.2. The number of amides is 1. The molecule has 0 saturated heterocycles. The molecule has 0 spiro atoms. The van der Waals surface area contributed by atoms with Crippen molar-refractivity contribution in [3.05, 3.63) is 58.7 Å². The number of guanidine groups is 1. The molecule has 1 aromatic carbocycles. The summed E-state index contributed by atoms with van der Waals surface area (Å²) < 4.78 is 0. The van der Waals surface area contributed by atoms with Crippen LogP contribution >= 0.6 is 11.6 Å². The molecule has 3 N–H and O–H groups in total. The molecular weight excluding hydrogens is 362 g/mol. The van der Waals surface area contributed by atoms with Crippen molar-refractivity contribution >= 4 is 29.3 Å². The minimum absolute atomic E-state index is 0.108. The SMILES string of the molecule is CCNC(=NCCC(=O)Nc1cccc(C)n1)NCCc1ccccc1Cl. The molecule has 0 unspecified atom stereocenters. The fourth-order valence-corrected chi connectivity index (χ4v) is 2.68. The third kappa shape index (κ3) is 7.66. The zero-order chi connectivity index (χ0) is 19.5. The predicted molar refractivity (Wildman–Crippen MR) is 111 cm³/mol. The number of carbonyl (C=O) groups is 1. The Hall–Kier alpha value is -2.60. The quantitative estimate of drug-likeness (QED) is 0.480. The average Bonchev–Trinajstić information content (AvgIpc) is 2.63. The standard InChI is InChI=1S/C20H26ClN5O/c1-3-22-20(23-13-11-16-8-4-5-9-17(16)21)24-14-12-19(27)26-18-10-6-7-15(2)25-18/h4-10H,3,11-14H2,1-2H3,(H2,22,23,24)(H,25,26,27). The number of hydrogen-bond acceptors (Lipinski definition) is 3. The Morgan fingerprint density at radius 3 is 2.70 bits per heavy atom. The maximum atomic E-state index is 12.0. The Bertz CT molecular complexity index is 778. The first-order valence-corrected chi connectivity index (χ1v) is 9.45. The molecule has 7 heteroatoms. The number of pyridine rings is 1. The molecule has 0 aliphatic carbocycles. The van der Waals surface area contributed by atoms with Crippen LogP contribution in [0.25, 0.3) is 0 Å². The molecule has 0 atom stereocenters. The highest BCUT2D eigenvalue weighted by Crippen LogP contribution is 2.14. The molecule has 0 bridgehead atoms. The number of aromatic nitrogens is 1. The van der Waals surface area contributed by atoms with Crippen molar-refractivity contribution in [2.75, 3.05) is 25.0 Å². The summed E-state index contributed by atoms with van der Waals surface area (Å²) >= 11 is 6.17. The highest BCUT2D eigenvalue weighted by Gasteiger charge is 2.04. The molecule has 6 nitrogen and oxygen atoms in total. The van der Waals surface area contributed by atoms with Gasteiger partial charge in [0.2, 0.25) is 5.91 Å². The van der Waals surface area contributed by atoms with Crippen molar-refractivity contribution in [2.24, 2.45) is 4.99 Å². The molecule has 2 aromatic rings. The van der Waals surface area contributed by atoms with Crippen LogP contribution in [0.5, 0.6) is 0 Å². The van der Waals surface area contributed by atoms with Crippen LogP contribution in [-0.2, 0) is 11.2 Å². The van der Waals surface area contributed by atoms with E-state index >= 15 is 0 Å². The summed E-state index contributed by atoms with van der Waals surface area (Å²) in [5.41, 5.74) is 1.95. The Morgan fingerprint density at radius 2 is 1.96 bits per heavy atom. The summed E-state index contributed by atoms with van der Waals surface area (Å²) in [6, 6.07) is 13.3. The van der Waals surface area contributed by atoms with Gasteiger partial charge >= 0.3 is 0 Å². The zero-order valence-electron chi connectivity index (χ0n) is 15.8. The summed E-state index contributed by atoms with van der Waals surface area (Å²) in [5, 5.41) is 9.99. The van der Waals surface area contributed by atoms with E-state index in [0.29, 0.717) is 24.9 Å². The lowest BCUT2D eigenvalue weighted by Crippen LogP contribution is -2.38. The first kappa shape index (κ1) is 20.7. The topological polar surface area (TPSA) is 78.4 Å². The van der Waals surface area contributed by atoms with Gasteiger partial charge in [0, 0.05) is 30.2 Å². The average molecular weight is 388 g/mol. The largest absolute Gasteiger partial charge is 0.357 e. The van der Waals surface area contributed by atoms with Gasteiger partial charge in [-0.05, 0) is 44.0 Å². The maximum absolute atomic E-state index is 12.0. The van der Waals surface area contributed by atoms with Crippen LogP contribution in [0.1, 0.15) is 24.6 Å². The zero-order valence-corrected chi connectivity index (χ0v) is 16.5. The minimum atomic E-state index is -0.108. The van der Waals surface area contributed by atoms with Gasteiger partial charge in [0.05, 0.1) is 6.54 Å². The Balaban J connectivity index is 1.78. The fourth-order valence-electron chi connectivity index (χ4n) is 2.45. The second-order valence-corrected chi connectivity index (χ2v) is 6.40. The van der Waals surface area contributed by atoms with Gasteiger partial charge in [-0.15, -0.1) is 0 Å². The summed E-state index contributed by atoms with van der Waals surface area (Å²) in [4.78, 5) is 20.7. The number of anilines is 1. The number of nitrogens with one attached hydrogen (secondary N) is 3. The number of benzene rings is 1. The number of halogens is 1. The van der Waals surface area contributed by atoms with Gasteiger partial charge in [-0.2, -0.15) is 0 Å². The van der Waals surface area contributed by atoms with Gasteiger partial charge in [0.15, 0.2) is 5.96 Å². The summed E-state index contributed by atoms with van der Waals surface area (Å²) in [7, 11) is 0. The van der Waals surface area contributed by atoms with Gasteiger partial charge in [0.25, 0.3) is 0 Å². The molecule has 1 heterocycles. The number of aryl methyl sites for hydroxylation is 1. The third-order valence-corrected chi connectivity index (χ3v) is 4.12. The Kier molecular flexibility index (Phi) is 8.58. The van der Waals surface area contributed by atoms with E-state index in [9.17, 15) is 4.79 Å². The lowest BCUT2D eigenvalue weighted by Gasteiger charge is -2.12. The van der Waals surface area contributed by atoms with E-state index in [4.69, 9.17) is 11.6 Å². The molecule has 2 rings (SSSR count). The first-order valence-electron chi connectivity index (χ1n) is 9.07. The molecule has 0 radical (unpaired) electrons. The van der Waals surface area contributed by atoms with E-state index in [1.807, 2.05) is 50.2 Å². The van der Waals surface area contributed by atoms with E-state index < -0.39 is 0 Å². The van der Waals surface area contributed by atoms with Crippen molar-refractivity contribution in [1.29, 1.82) is 0 Å². The molecule has 1 amide bonds. The van der Waals surface area contributed by atoms with Crippen molar-refractivity contribution in [3.8, 4) is 0 Å². The molecule has 0 saturated carbocycles. The number of carbonyl (C=O) groups excluding carboxylic acids is 1. The molecule has 144 valence electrons. The van der Waals surface area contributed by atoms with E-state index in [-0.39, 0.29) is 12.3 Å². The maximum Gasteiger partial charge on any atom is 0.227 e. The fraction of sp³-hybridized carbons (Fsp3) is 0.350. The van der Waals surface area contributed by atoms with E-state index in [2.05, 4.69) is 25.9 Å². The van der Waals surface area contributed by atoms with Crippen molar-refractivity contribution in [1.82, 2.24) is 15.6 Å². The lowest BCUT2D eigenvalue weighted by molar-refractivity contribution is -0.116. The number of hydrogen-bond donors (Lipinski definition) is 3. The molecule has 1 aromatic heterocycles. The molecule has 0 aliphatic rings. The Labute approximate surface area is 165 Å². The molecule has 0 aliphatic heterocycles. The number of aliphatic imine (C=N–C) groups is 1. The lowest BCUT2D eigenvalue weighted by atomic mass is 10.1.